The molecule has 0 unspecified atom stereocenters. The maximum absolute atomic E-state index is 13.5. The molecule has 30 heavy (non-hydrogen) atoms. The second-order valence-corrected chi connectivity index (χ2v) is 13.4. The standard InChI is InChI=1S/C26H40N2O2/c1-24(2,28-23(30)26-12-19-6-20(13-26)8-21(7-19)14-26)15-27-22(29)25-9-16-3-17(10-25)5-18(4-16)11-25/h16-21H,3-15H2,1-2H3,(H,27,29)(H,28,30). The van der Waals surface area contributed by atoms with Crippen LogP contribution in [0.25, 0.3) is 0 Å². The highest BCUT2D eigenvalue weighted by Gasteiger charge is 2.56. The predicted octanol–water partition coefficient (Wildman–Crippen LogP) is 4.43. The molecule has 2 N–H and O–H groups in total. The zero-order valence-electron chi connectivity index (χ0n) is 19.0. The van der Waals surface area contributed by atoms with Crippen LogP contribution in [0.1, 0.15) is 90.9 Å². The number of rotatable bonds is 5. The number of carbonyl (C=O) groups excluding carboxylic acids is 2. The molecule has 0 aliphatic heterocycles. The van der Waals surface area contributed by atoms with Gasteiger partial charge in [0.1, 0.15) is 0 Å². The fourth-order valence-corrected chi connectivity index (χ4v) is 9.75. The fourth-order valence-electron chi connectivity index (χ4n) is 9.75. The molecule has 0 atom stereocenters. The summed E-state index contributed by atoms with van der Waals surface area (Å²) in [5.74, 6) is 5.24. The van der Waals surface area contributed by atoms with Crippen LogP contribution in [0.3, 0.4) is 0 Å². The van der Waals surface area contributed by atoms with Crippen LogP contribution in [0.4, 0.5) is 0 Å². The number of hydrogen-bond acceptors (Lipinski definition) is 2. The van der Waals surface area contributed by atoms with E-state index in [9.17, 15) is 9.59 Å². The van der Waals surface area contributed by atoms with Gasteiger partial charge in [0.25, 0.3) is 0 Å². The molecule has 8 bridgehead atoms. The van der Waals surface area contributed by atoms with E-state index in [4.69, 9.17) is 0 Å². The number of amides is 2. The molecule has 0 aromatic rings. The molecule has 0 saturated heterocycles. The molecule has 0 radical (unpaired) electrons. The van der Waals surface area contributed by atoms with Gasteiger partial charge in [-0.2, -0.15) is 0 Å². The van der Waals surface area contributed by atoms with E-state index in [0.29, 0.717) is 6.54 Å². The molecule has 2 amide bonds. The van der Waals surface area contributed by atoms with Gasteiger partial charge in [0.2, 0.25) is 11.8 Å². The number of nitrogens with one attached hydrogen (secondary N) is 2. The van der Waals surface area contributed by atoms with Gasteiger partial charge in [0.15, 0.2) is 0 Å². The summed E-state index contributed by atoms with van der Waals surface area (Å²) in [4.78, 5) is 26.8. The van der Waals surface area contributed by atoms with Crippen molar-refractivity contribution >= 4 is 11.8 Å². The summed E-state index contributed by atoms with van der Waals surface area (Å²) in [7, 11) is 0. The maximum Gasteiger partial charge on any atom is 0.226 e. The van der Waals surface area contributed by atoms with Crippen molar-refractivity contribution in [2.75, 3.05) is 6.54 Å². The molecule has 8 aliphatic rings. The van der Waals surface area contributed by atoms with E-state index in [1.165, 1.54) is 38.5 Å². The normalized spacial score (nSPS) is 48.1. The van der Waals surface area contributed by atoms with E-state index < -0.39 is 5.54 Å². The largest absolute Gasteiger partial charge is 0.353 e. The van der Waals surface area contributed by atoms with Gasteiger partial charge in [-0.25, -0.2) is 0 Å². The highest BCUT2D eigenvalue weighted by atomic mass is 16.2. The summed E-state index contributed by atoms with van der Waals surface area (Å²) in [6, 6.07) is 0. The van der Waals surface area contributed by atoms with Crippen LogP contribution >= 0.6 is 0 Å². The van der Waals surface area contributed by atoms with E-state index in [2.05, 4.69) is 24.5 Å². The van der Waals surface area contributed by atoms with Crippen LogP contribution in [-0.4, -0.2) is 23.9 Å². The van der Waals surface area contributed by atoms with Crippen molar-refractivity contribution < 1.29 is 9.59 Å². The van der Waals surface area contributed by atoms with Crippen molar-refractivity contribution in [3.05, 3.63) is 0 Å². The quantitative estimate of drug-likeness (QED) is 0.702. The zero-order chi connectivity index (χ0) is 20.7. The number of carbonyl (C=O) groups is 2. The Bertz CT molecular complexity index is 684. The van der Waals surface area contributed by atoms with Crippen LogP contribution in [0.2, 0.25) is 0 Å². The van der Waals surface area contributed by atoms with E-state index in [-0.39, 0.29) is 22.6 Å². The lowest BCUT2D eigenvalue weighted by Crippen LogP contribution is -2.61. The topological polar surface area (TPSA) is 58.2 Å². The summed E-state index contributed by atoms with van der Waals surface area (Å²) < 4.78 is 0. The summed E-state index contributed by atoms with van der Waals surface area (Å²) in [6.07, 6.45) is 14.8. The molecule has 4 heteroatoms. The monoisotopic (exact) mass is 412 g/mol. The lowest BCUT2D eigenvalue weighted by molar-refractivity contribution is -0.149. The summed E-state index contributed by atoms with van der Waals surface area (Å²) in [5.41, 5.74) is -0.608. The molecule has 8 saturated carbocycles. The molecule has 8 aliphatic carbocycles. The smallest absolute Gasteiger partial charge is 0.226 e. The van der Waals surface area contributed by atoms with Crippen molar-refractivity contribution in [1.82, 2.24) is 10.6 Å². The molecular formula is C26H40N2O2. The molecular weight excluding hydrogens is 372 g/mol. The first kappa shape index (κ1) is 19.6. The second kappa shape index (κ2) is 6.48. The Balaban J connectivity index is 1.09. The molecule has 0 heterocycles. The number of hydrogen-bond donors (Lipinski definition) is 2. The first-order valence-corrected chi connectivity index (χ1v) is 12.8. The van der Waals surface area contributed by atoms with E-state index in [1.807, 2.05) is 0 Å². The lowest BCUT2D eigenvalue weighted by Gasteiger charge is -2.56. The summed E-state index contributed by atoms with van der Waals surface area (Å²) in [6.45, 7) is 4.72. The van der Waals surface area contributed by atoms with Crippen LogP contribution in [0, 0.1) is 46.3 Å². The van der Waals surface area contributed by atoms with E-state index in [1.54, 1.807) is 0 Å². The molecule has 166 valence electrons. The Hall–Kier alpha value is -1.06. The predicted molar refractivity (Wildman–Crippen MR) is 116 cm³/mol. The van der Waals surface area contributed by atoms with Crippen molar-refractivity contribution in [3.63, 3.8) is 0 Å². The fraction of sp³-hybridized carbons (Fsp3) is 0.923. The van der Waals surface area contributed by atoms with Crippen molar-refractivity contribution in [2.24, 2.45) is 46.3 Å². The average Bonchev–Trinajstić information content (AvgIpc) is 2.63. The summed E-state index contributed by atoms with van der Waals surface area (Å²) in [5, 5.41) is 6.69. The minimum absolute atomic E-state index is 0.102. The van der Waals surface area contributed by atoms with Crippen LogP contribution in [-0.2, 0) is 9.59 Å². The zero-order valence-corrected chi connectivity index (χ0v) is 19.0. The van der Waals surface area contributed by atoms with E-state index in [0.717, 1.165) is 74.0 Å². The third-order valence-electron chi connectivity index (χ3n) is 10.2. The third-order valence-corrected chi connectivity index (χ3v) is 10.2. The van der Waals surface area contributed by atoms with Crippen molar-refractivity contribution in [1.29, 1.82) is 0 Å². The van der Waals surface area contributed by atoms with Crippen molar-refractivity contribution in [2.45, 2.75) is 96.4 Å². The Morgan fingerprint density at radius 3 is 1.37 bits per heavy atom. The van der Waals surface area contributed by atoms with Gasteiger partial charge in [-0.1, -0.05) is 0 Å². The highest BCUT2D eigenvalue weighted by Crippen LogP contribution is 2.61. The van der Waals surface area contributed by atoms with Gasteiger partial charge in [-0.3, -0.25) is 9.59 Å². The lowest BCUT2D eigenvalue weighted by atomic mass is 9.49. The van der Waals surface area contributed by atoms with Gasteiger partial charge < -0.3 is 10.6 Å². The Morgan fingerprint density at radius 1 is 0.667 bits per heavy atom. The Kier molecular flexibility index (Phi) is 4.24. The van der Waals surface area contributed by atoms with Gasteiger partial charge in [-0.05, 0) is 126 Å². The first-order valence-electron chi connectivity index (χ1n) is 12.8. The van der Waals surface area contributed by atoms with Crippen LogP contribution in [0.15, 0.2) is 0 Å². The van der Waals surface area contributed by atoms with Crippen LogP contribution < -0.4 is 10.6 Å². The van der Waals surface area contributed by atoms with Crippen molar-refractivity contribution in [3.8, 4) is 0 Å². The third kappa shape index (κ3) is 3.14. The van der Waals surface area contributed by atoms with Gasteiger partial charge in [0, 0.05) is 17.4 Å². The second-order valence-electron chi connectivity index (χ2n) is 13.4. The van der Waals surface area contributed by atoms with Gasteiger partial charge in [0.05, 0.1) is 5.54 Å². The average molecular weight is 413 g/mol. The van der Waals surface area contributed by atoms with E-state index >= 15 is 0 Å². The highest BCUT2D eigenvalue weighted by molar-refractivity contribution is 5.85. The molecule has 8 fully saturated rings. The molecule has 0 aromatic heterocycles. The molecule has 8 rings (SSSR count). The van der Waals surface area contributed by atoms with Gasteiger partial charge >= 0.3 is 0 Å². The minimum Gasteiger partial charge on any atom is -0.353 e. The molecule has 4 nitrogen and oxygen atoms in total. The van der Waals surface area contributed by atoms with Crippen LogP contribution in [0.5, 0.6) is 0 Å². The molecule has 0 spiro atoms. The minimum atomic E-state index is -0.391. The Morgan fingerprint density at radius 2 is 1.00 bits per heavy atom. The first-order chi connectivity index (χ1) is 14.2. The SMILES string of the molecule is CC(C)(CNC(=O)C12CC3CC(CC(C3)C1)C2)NC(=O)C12CC3CC(CC(C3)C1)C2. The maximum atomic E-state index is 13.5. The summed E-state index contributed by atoms with van der Waals surface area (Å²) >= 11 is 0. The Labute approximate surface area is 181 Å². The van der Waals surface area contributed by atoms with Gasteiger partial charge in [-0.15, -0.1) is 0 Å². The molecule has 0 aromatic carbocycles.